The van der Waals surface area contributed by atoms with Crippen LogP contribution in [-0.4, -0.2) is 43.2 Å². The lowest BCUT2D eigenvalue weighted by Gasteiger charge is -2.19. The molecule has 0 bridgehead atoms. The maximum atomic E-state index is 12.7. The number of fused-ring (bicyclic) bond motifs is 1. The van der Waals surface area contributed by atoms with Crippen LogP contribution in [0.4, 0.5) is 4.79 Å². The Labute approximate surface area is 201 Å². The summed E-state index contributed by atoms with van der Waals surface area (Å²) in [6.07, 6.45) is 1.24. The quantitative estimate of drug-likeness (QED) is 0.439. The second kappa shape index (κ2) is 9.38. The van der Waals surface area contributed by atoms with Crippen LogP contribution in [0.25, 0.3) is 22.2 Å². The van der Waals surface area contributed by atoms with Crippen molar-refractivity contribution in [3.05, 3.63) is 47.8 Å². The first-order valence-electron chi connectivity index (χ1n) is 11.2. The van der Waals surface area contributed by atoms with E-state index in [0.717, 1.165) is 33.4 Å². The fourth-order valence-corrected chi connectivity index (χ4v) is 4.54. The number of benzene rings is 1. The molecule has 0 aliphatic heterocycles. The zero-order valence-corrected chi connectivity index (χ0v) is 21.7. The number of nitrogens with zero attached hydrogens (tertiary/aromatic N) is 1. The minimum atomic E-state index is -3.72. The summed E-state index contributed by atoms with van der Waals surface area (Å²) in [5.41, 5.74) is 4.18. The lowest BCUT2D eigenvalue weighted by molar-refractivity contribution is 0.0529. The molecule has 2 aromatic heterocycles. The van der Waals surface area contributed by atoms with E-state index in [9.17, 15) is 13.2 Å². The molecule has 0 saturated heterocycles. The molecule has 1 aromatic carbocycles. The SMILES string of the molecule is Cc1cnc2[nH]c(C(C)(C)C)cc2c1-c1ccc(S(=O)(=O)NCCNC(=O)OC(C)(C)C)cc1. The Bertz CT molecular complexity index is 1280. The third-order valence-corrected chi connectivity index (χ3v) is 6.67. The molecule has 2 heterocycles. The van der Waals surface area contributed by atoms with Crippen molar-refractivity contribution in [2.45, 2.75) is 64.4 Å². The molecule has 184 valence electrons. The summed E-state index contributed by atoms with van der Waals surface area (Å²) in [6.45, 7) is 13.9. The molecule has 3 rings (SSSR count). The molecule has 0 radical (unpaired) electrons. The van der Waals surface area contributed by atoms with Gasteiger partial charge in [0.15, 0.2) is 0 Å². The third kappa shape index (κ3) is 6.15. The highest BCUT2D eigenvalue weighted by Gasteiger charge is 2.20. The number of rotatable bonds is 6. The van der Waals surface area contributed by atoms with Crippen LogP contribution < -0.4 is 10.0 Å². The highest BCUT2D eigenvalue weighted by Crippen LogP contribution is 2.34. The summed E-state index contributed by atoms with van der Waals surface area (Å²) in [7, 11) is -3.72. The summed E-state index contributed by atoms with van der Waals surface area (Å²) in [6, 6.07) is 8.90. The maximum absolute atomic E-state index is 12.7. The van der Waals surface area contributed by atoms with E-state index in [1.807, 2.05) is 13.1 Å². The number of ether oxygens (including phenoxy) is 1. The van der Waals surface area contributed by atoms with Crippen molar-refractivity contribution in [1.29, 1.82) is 0 Å². The van der Waals surface area contributed by atoms with Crippen molar-refractivity contribution in [2.24, 2.45) is 0 Å². The Balaban J connectivity index is 1.75. The molecule has 0 fully saturated rings. The van der Waals surface area contributed by atoms with Gasteiger partial charge in [0.05, 0.1) is 4.90 Å². The number of aryl methyl sites for hydroxylation is 1. The van der Waals surface area contributed by atoms with Gasteiger partial charge < -0.3 is 15.0 Å². The van der Waals surface area contributed by atoms with Crippen LogP contribution >= 0.6 is 0 Å². The van der Waals surface area contributed by atoms with E-state index >= 15 is 0 Å². The Morgan fingerprint density at radius 2 is 1.71 bits per heavy atom. The predicted molar refractivity (Wildman–Crippen MR) is 134 cm³/mol. The number of carbonyl (C=O) groups excluding carboxylic acids is 1. The lowest BCUT2D eigenvalue weighted by Crippen LogP contribution is -2.37. The van der Waals surface area contributed by atoms with Gasteiger partial charge in [-0.3, -0.25) is 0 Å². The Hall–Kier alpha value is -2.91. The Kier molecular flexibility index (Phi) is 7.10. The average Bonchev–Trinajstić information content (AvgIpc) is 3.15. The van der Waals surface area contributed by atoms with E-state index in [2.05, 4.69) is 46.8 Å². The van der Waals surface area contributed by atoms with Crippen LogP contribution in [0, 0.1) is 6.92 Å². The number of nitrogens with one attached hydrogen (secondary N) is 3. The van der Waals surface area contributed by atoms with Crippen LogP contribution in [0.3, 0.4) is 0 Å². The Morgan fingerprint density at radius 3 is 2.29 bits per heavy atom. The second-order valence-electron chi connectivity index (χ2n) is 10.4. The van der Waals surface area contributed by atoms with Crippen molar-refractivity contribution in [2.75, 3.05) is 13.1 Å². The molecule has 0 aliphatic carbocycles. The average molecular weight is 487 g/mol. The summed E-state index contributed by atoms with van der Waals surface area (Å²) < 4.78 is 33.0. The highest BCUT2D eigenvalue weighted by atomic mass is 32.2. The molecule has 0 saturated carbocycles. The maximum Gasteiger partial charge on any atom is 0.407 e. The van der Waals surface area contributed by atoms with Gasteiger partial charge in [-0.25, -0.2) is 22.9 Å². The normalized spacial score (nSPS) is 12.7. The molecular weight excluding hydrogens is 452 g/mol. The van der Waals surface area contributed by atoms with Gasteiger partial charge in [0.25, 0.3) is 0 Å². The minimum absolute atomic E-state index is 0.0478. The minimum Gasteiger partial charge on any atom is -0.444 e. The molecule has 1 amide bonds. The number of amides is 1. The molecule has 0 aliphatic rings. The fraction of sp³-hybridized carbons (Fsp3) is 0.440. The number of H-pyrrole nitrogens is 1. The molecule has 3 N–H and O–H groups in total. The van der Waals surface area contributed by atoms with Gasteiger partial charge in [0.1, 0.15) is 11.2 Å². The van der Waals surface area contributed by atoms with Gasteiger partial charge in [-0.1, -0.05) is 32.9 Å². The van der Waals surface area contributed by atoms with E-state index in [4.69, 9.17) is 4.74 Å². The van der Waals surface area contributed by atoms with Crippen LogP contribution in [0.15, 0.2) is 41.4 Å². The number of aromatic amines is 1. The standard InChI is InChI=1S/C25H34N4O4S/c1-16-15-27-22-19(14-20(29-22)24(2,3)4)21(16)17-8-10-18(11-9-17)34(31,32)28-13-12-26-23(30)33-25(5,6)7/h8-11,14-15,28H,12-13H2,1-7H3,(H,26,30)(H,27,29). The smallest absolute Gasteiger partial charge is 0.407 e. The van der Waals surface area contributed by atoms with Crippen LogP contribution in [0.2, 0.25) is 0 Å². The predicted octanol–water partition coefficient (Wildman–Crippen LogP) is 4.64. The molecule has 8 nitrogen and oxygen atoms in total. The van der Waals surface area contributed by atoms with E-state index in [-0.39, 0.29) is 23.4 Å². The highest BCUT2D eigenvalue weighted by molar-refractivity contribution is 7.89. The van der Waals surface area contributed by atoms with Gasteiger partial charge in [-0.05, 0) is 62.6 Å². The van der Waals surface area contributed by atoms with Crippen molar-refractivity contribution >= 4 is 27.1 Å². The van der Waals surface area contributed by atoms with Gasteiger partial charge >= 0.3 is 6.09 Å². The first-order chi connectivity index (χ1) is 15.7. The number of sulfonamides is 1. The molecule has 0 spiro atoms. The summed E-state index contributed by atoms with van der Waals surface area (Å²) >= 11 is 0. The van der Waals surface area contributed by atoms with Crippen LogP contribution in [0.5, 0.6) is 0 Å². The second-order valence-corrected chi connectivity index (χ2v) is 12.1. The van der Waals surface area contributed by atoms with Crippen LogP contribution in [-0.2, 0) is 20.2 Å². The number of alkyl carbamates (subject to hydrolysis) is 1. The number of carbonyl (C=O) groups is 1. The van der Waals surface area contributed by atoms with E-state index in [1.165, 1.54) is 0 Å². The number of hydrogen-bond acceptors (Lipinski definition) is 5. The monoisotopic (exact) mass is 486 g/mol. The Morgan fingerprint density at radius 1 is 1.06 bits per heavy atom. The summed E-state index contributed by atoms with van der Waals surface area (Å²) in [5, 5.41) is 3.54. The van der Waals surface area contributed by atoms with E-state index in [0.29, 0.717) is 0 Å². The van der Waals surface area contributed by atoms with Crippen molar-refractivity contribution in [1.82, 2.24) is 20.0 Å². The number of hydrogen-bond donors (Lipinski definition) is 3. The zero-order valence-electron chi connectivity index (χ0n) is 20.9. The molecule has 9 heteroatoms. The molecule has 0 unspecified atom stereocenters. The van der Waals surface area contributed by atoms with Gasteiger partial charge in [0.2, 0.25) is 10.0 Å². The lowest BCUT2D eigenvalue weighted by atomic mass is 9.91. The third-order valence-electron chi connectivity index (χ3n) is 5.19. The molecular formula is C25H34N4O4S. The molecule has 34 heavy (non-hydrogen) atoms. The first-order valence-corrected chi connectivity index (χ1v) is 12.7. The number of pyridine rings is 1. The van der Waals surface area contributed by atoms with Crippen molar-refractivity contribution in [3.8, 4) is 11.1 Å². The van der Waals surface area contributed by atoms with E-state index < -0.39 is 21.7 Å². The molecule has 0 atom stereocenters. The first kappa shape index (κ1) is 25.7. The number of aromatic nitrogens is 2. The van der Waals surface area contributed by atoms with Crippen molar-refractivity contribution in [3.63, 3.8) is 0 Å². The van der Waals surface area contributed by atoms with E-state index in [1.54, 1.807) is 45.0 Å². The zero-order chi connectivity index (χ0) is 25.3. The van der Waals surface area contributed by atoms with Gasteiger partial charge in [-0.2, -0.15) is 0 Å². The fourth-order valence-electron chi connectivity index (χ4n) is 3.51. The molecule has 3 aromatic rings. The van der Waals surface area contributed by atoms with Crippen molar-refractivity contribution < 1.29 is 17.9 Å². The van der Waals surface area contributed by atoms with Crippen LogP contribution in [0.1, 0.15) is 52.8 Å². The van der Waals surface area contributed by atoms with Gasteiger partial charge in [-0.15, -0.1) is 0 Å². The van der Waals surface area contributed by atoms with Gasteiger partial charge in [0, 0.05) is 35.8 Å². The summed E-state index contributed by atoms with van der Waals surface area (Å²) in [4.78, 5) is 19.8. The summed E-state index contributed by atoms with van der Waals surface area (Å²) in [5.74, 6) is 0. The largest absolute Gasteiger partial charge is 0.444 e. The topological polar surface area (TPSA) is 113 Å².